The summed E-state index contributed by atoms with van der Waals surface area (Å²) < 4.78 is 0. The molecular weight excluding hydrogens is 286 g/mol. The fourth-order valence-corrected chi connectivity index (χ4v) is 2.97. The van der Waals surface area contributed by atoms with Gasteiger partial charge in [0, 0.05) is 29.9 Å². The van der Waals surface area contributed by atoms with Crippen molar-refractivity contribution in [3.8, 4) is 0 Å². The highest BCUT2D eigenvalue weighted by atomic mass is 16.1. The van der Waals surface area contributed by atoms with Crippen LogP contribution in [0.25, 0.3) is 10.9 Å². The van der Waals surface area contributed by atoms with E-state index < -0.39 is 0 Å². The van der Waals surface area contributed by atoms with Crippen LogP contribution < -0.4 is 4.90 Å². The maximum atomic E-state index is 11.9. The van der Waals surface area contributed by atoms with Crippen LogP contribution in [-0.2, 0) is 0 Å². The quantitative estimate of drug-likeness (QED) is 0.680. The topological polar surface area (TPSA) is 46.1 Å². The summed E-state index contributed by atoms with van der Waals surface area (Å²) >= 11 is 0. The molecule has 3 aromatic rings. The SMILES string of the molecule is CC(=O)c1c(C)ccc(N(C)c2ncc3ccccc3n2)c1C. The summed E-state index contributed by atoms with van der Waals surface area (Å²) in [7, 11) is 1.92. The highest BCUT2D eigenvalue weighted by Crippen LogP contribution is 2.29. The first-order valence-corrected chi connectivity index (χ1v) is 7.55. The van der Waals surface area contributed by atoms with Gasteiger partial charge < -0.3 is 4.90 Å². The van der Waals surface area contributed by atoms with E-state index in [0.29, 0.717) is 5.95 Å². The van der Waals surface area contributed by atoms with Gasteiger partial charge in [0.1, 0.15) is 0 Å². The van der Waals surface area contributed by atoms with Gasteiger partial charge in [0.05, 0.1) is 5.52 Å². The average molecular weight is 305 g/mol. The van der Waals surface area contributed by atoms with Crippen LogP contribution in [0, 0.1) is 13.8 Å². The number of fused-ring (bicyclic) bond motifs is 1. The van der Waals surface area contributed by atoms with Gasteiger partial charge in [-0.15, -0.1) is 0 Å². The molecule has 0 bridgehead atoms. The van der Waals surface area contributed by atoms with Crippen molar-refractivity contribution < 1.29 is 4.79 Å². The molecule has 0 aliphatic heterocycles. The van der Waals surface area contributed by atoms with Gasteiger partial charge in [-0.25, -0.2) is 9.97 Å². The van der Waals surface area contributed by atoms with Gasteiger partial charge in [-0.2, -0.15) is 0 Å². The molecule has 23 heavy (non-hydrogen) atoms. The van der Waals surface area contributed by atoms with Crippen molar-refractivity contribution in [2.24, 2.45) is 0 Å². The molecule has 0 N–H and O–H groups in total. The second-order valence-corrected chi connectivity index (χ2v) is 5.75. The van der Waals surface area contributed by atoms with E-state index in [0.717, 1.165) is 33.3 Å². The molecule has 2 aromatic carbocycles. The van der Waals surface area contributed by atoms with Crippen molar-refractivity contribution >= 4 is 28.3 Å². The van der Waals surface area contributed by atoms with E-state index in [4.69, 9.17) is 0 Å². The summed E-state index contributed by atoms with van der Waals surface area (Å²) in [4.78, 5) is 22.9. The number of aryl methyl sites for hydroxylation is 1. The van der Waals surface area contributed by atoms with Gasteiger partial charge in [0.25, 0.3) is 0 Å². The van der Waals surface area contributed by atoms with Gasteiger partial charge in [-0.3, -0.25) is 4.79 Å². The molecule has 4 nitrogen and oxygen atoms in total. The Balaban J connectivity index is 2.10. The van der Waals surface area contributed by atoms with Crippen LogP contribution in [0.3, 0.4) is 0 Å². The smallest absolute Gasteiger partial charge is 0.230 e. The number of anilines is 2. The van der Waals surface area contributed by atoms with E-state index in [1.807, 2.05) is 68.4 Å². The van der Waals surface area contributed by atoms with Crippen LogP contribution in [0.2, 0.25) is 0 Å². The number of hydrogen-bond donors (Lipinski definition) is 0. The fraction of sp³-hybridized carbons (Fsp3) is 0.211. The molecule has 0 radical (unpaired) electrons. The Bertz CT molecular complexity index is 902. The zero-order chi connectivity index (χ0) is 16.6. The monoisotopic (exact) mass is 305 g/mol. The molecule has 0 aliphatic carbocycles. The summed E-state index contributed by atoms with van der Waals surface area (Å²) in [5.41, 5.74) is 4.57. The molecular formula is C19H19N3O. The standard InChI is InChI=1S/C19H19N3O/c1-12-9-10-17(13(2)18(12)14(3)23)22(4)19-20-11-15-7-5-6-8-16(15)21-19/h5-11H,1-4H3. The highest BCUT2D eigenvalue weighted by Gasteiger charge is 2.16. The Morgan fingerprint density at radius 1 is 1.09 bits per heavy atom. The van der Waals surface area contributed by atoms with Crippen LogP contribution in [0.15, 0.2) is 42.6 Å². The third kappa shape index (κ3) is 2.68. The lowest BCUT2D eigenvalue weighted by Crippen LogP contribution is -2.16. The number of nitrogens with zero attached hydrogens (tertiary/aromatic N) is 3. The minimum absolute atomic E-state index is 0.0784. The number of Topliss-reactive ketones (excluding diaryl/α,β-unsaturated/α-hetero) is 1. The third-order valence-corrected chi connectivity index (χ3v) is 4.13. The predicted octanol–water partition coefficient (Wildman–Crippen LogP) is 4.22. The minimum atomic E-state index is 0.0784. The van der Waals surface area contributed by atoms with Crippen LogP contribution in [-0.4, -0.2) is 22.8 Å². The number of rotatable bonds is 3. The molecule has 0 unspecified atom stereocenters. The molecule has 3 rings (SSSR count). The lowest BCUT2D eigenvalue weighted by atomic mass is 9.98. The summed E-state index contributed by atoms with van der Waals surface area (Å²) in [6.07, 6.45) is 1.82. The summed E-state index contributed by atoms with van der Waals surface area (Å²) in [6.45, 7) is 5.53. The van der Waals surface area contributed by atoms with Crippen LogP contribution in [0.4, 0.5) is 11.6 Å². The number of para-hydroxylation sites is 1. The second kappa shape index (κ2) is 5.80. The van der Waals surface area contributed by atoms with E-state index in [1.165, 1.54) is 0 Å². The van der Waals surface area contributed by atoms with Crippen molar-refractivity contribution in [1.29, 1.82) is 0 Å². The summed E-state index contributed by atoms with van der Waals surface area (Å²) in [5, 5.41) is 1.01. The molecule has 116 valence electrons. The molecule has 0 saturated heterocycles. The maximum absolute atomic E-state index is 11.9. The van der Waals surface area contributed by atoms with Gasteiger partial charge >= 0.3 is 0 Å². The number of ketones is 1. The molecule has 0 saturated carbocycles. The molecule has 0 fully saturated rings. The molecule has 0 spiro atoms. The number of aromatic nitrogens is 2. The van der Waals surface area contributed by atoms with E-state index >= 15 is 0 Å². The second-order valence-electron chi connectivity index (χ2n) is 5.75. The van der Waals surface area contributed by atoms with Crippen LogP contribution >= 0.6 is 0 Å². The van der Waals surface area contributed by atoms with Crippen molar-refractivity contribution in [2.75, 3.05) is 11.9 Å². The Labute approximate surface area is 135 Å². The first-order valence-electron chi connectivity index (χ1n) is 7.55. The van der Waals surface area contributed by atoms with Crippen molar-refractivity contribution in [3.05, 3.63) is 59.3 Å². The molecule has 4 heteroatoms. The number of benzene rings is 2. The average Bonchev–Trinajstić information content (AvgIpc) is 2.53. The van der Waals surface area contributed by atoms with Gasteiger partial charge in [0.2, 0.25) is 5.95 Å². The molecule has 0 aliphatic rings. The van der Waals surface area contributed by atoms with Gasteiger partial charge in [0.15, 0.2) is 5.78 Å². The van der Waals surface area contributed by atoms with Crippen LogP contribution in [0.5, 0.6) is 0 Å². The van der Waals surface area contributed by atoms with Crippen molar-refractivity contribution in [1.82, 2.24) is 9.97 Å². The van der Waals surface area contributed by atoms with E-state index in [1.54, 1.807) is 6.92 Å². The molecule has 1 heterocycles. The van der Waals surface area contributed by atoms with Crippen molar-refractivity contribution in [2.45, 2.75) is 20.8 Å². The van der Waals surface area contributed by atoms with E-state index in [2.05, 4.69) is 9.97 Å². The highest BCUT2D eigenvalue weighted by molar-refractivity contribution is 5.98. The summed E-state index contributed by atoms with van der Waals surface area (Å²) in [6, 6.07) is 11.9. The maximum Gasteiger partial charge on any atom is 0.230 e. The fourth-order valence-electron chi connectivity index (χ4n) is 2.97. The summed E-state index contributed by atoms with van der Waals surface area (Å²) in [5.74, 6) is 0.694. The zero-order valence-electron chi connectivity index (χ0n) is 13.8. The Morgan fingerprint density at radius 2 is 1.83 bits per heavy atom. The Morgan fingerprint density at radius 3 is 2.57 bits per heavy atom. The number of hydrogen-bond acceptors (Lipinski definition) is 4. The van der Waals surface area contributed by atoms with E-state index in [9.17, 15) is 4.79 Å². The first-order chi connectivity index (χ1) is 11.0. The van der Waals surface area contributed by atoms with Gasteiger partial charge in [-0.05, 0) is 44.0 Å². The zero-order valence-corrected chi connectivity index (χ0v) is 13.8. The van der Waals surface area contributed by atoms with Gasteiger partial charge in [-0.1, -0.05) is 24.3 Å². The molecule has 1 aromatic heterocycles. The third-order valence-electron chi connectivity index (χ3n) is 4.13. The van der Waals surface area contributed by atoms with Crippen molar-refractivity contribution in [3.63, 3.8) is 0 Å². The van der Waals surface area contributed by atoms with E-state index in [-0.39, 0.29) is 5.78 Å². The Hall–Kier alpha value is -2.75. The molecule has 0 atom stereocenters. The lowest BCUT2D eigenvalue weighted by molar-refractivity contribution is 0.101. The number of carbonyl (C=O) groups is 1. The largest absolute Gasteiger partial charge is 0.313 e. The molecule has 0 amide bonds. The number of carbonyl (C=O) groups excluding carboxylic acids is 1. The lowest BCUT2D eigenvalue weighted by Gasteiger charge is -2.22. The Kier molecular flexibility index (Phi) is 3.82. The van der Waals surface area contributed by atoms with Crippen LogP contribution in [0.1, 0.15) is 28.4 Å². The minimum Gasteiger partial charge on any atom is -0.313 e. The first kappa shape index (κ1) is 15.2. The predicted molar refractivity (Wildman–Crippen MR) is 93.5 cm³/mol. The normalized spacial score (nSPS) is 10.8.